The summed E-state index contributed by atoms with van der Waals surface area (Å²) in [6.45, 7) is 3.05. The van der Waals surface area contributed by atoms with Crippen molar-refractivity contribution in [1.29, 1.82) is 0 Å². The Kier molecular flexibility index (Phi) is 4.41. The molecule has 1 atom stereocenters. The quantitative estimate of drug-likeness (QED) is 0.877. The standard InChI is InChI=1S/C17H20ClN3O2/c1-10-16-14(4-5-19-10)17(21(2)20-16)12-6-11(7-13(18)9-12)8-15(22)23-3/h6-7,9-10,19H,4-5,8H2,1-3H3. The molecule has 0 saturated carbocycles. The Balaban J connectivity index is 2.07. The van der Waals surface area contributed by atoms with Gasteiger partial charge in [-0.3, -0.25) is 9.48 Å². The zero-order valence-corrected chi connectivity index (χ0v) is 14.3. The van der Waals surface area contributed by atoms with E-state index >= 15 is 0 Å². The van der Waals surface area contributed by atoms with Crippen LogP contribution in [0.4, 0.5) is 0 Å². The summed E-state index contributed by atoms with van der Waals surface area (Å²) in [4.78, 5) is 11.5. The number of aromatic nitrogens is 2. The van der Waals surface area contributed by atoms with E-state index in [1.54, 1.807) is 6.07 Å². The van der Waals surface area contributed by atoms with Crippen molar-refractivity contribution in [2.24, 2.45) is 7.05 Å². The van der Waals surface area contributed by atoms with Crippen LogP contribution < -0.4 is 5.32 Å². The number of benzene rings is 1. The normalized spacial score (nSPS) is 17.0. The molecule has 23 heavy (non-hydrogen) atoms. The van der Waals surface area contributed by atoms with Crippen LogP contribution in [0.3, 0.4) is 0 Å². The van der Waals surface area contributed by atoms with E-state index in [1.807, 2.05) is 23.9 Å². The fraction of sp³-hybridized carbons (Fsp3) is 0.412. The summed E-state index contributed by atoms with van der Waals surface area (Å²) < 4.78 is 6.65. The van der Waals surface area contributed by atoms with Crippen molar-refractivity contribution in [2.45, 2.75) is 25.8 Å². The zero-order valence-electron chi connectivity index (χ0n) is 13.5. The first kappa shape index (κ1) is 16.0. The minimum Gasteiger partial charge on any atom is -0.469 e. The third-order valence-electron chi connectivity index (χ3n) is 4.22. The molecule has 6 heteroatoms. The molecule has 1 aliphatic rings. The van der Waals surface area contributed by atoms with Gasteiger partial charge in [-0.15, -0.1) is 0 Å². The Morgan fingerprint density at radius 1 is 1.48 bits per heavy atom. The summed E-state index contributed by atoms with van der Waals surface area (Å²) in [7, 11) is 3.33. The largest absolute Gasteiger partial charge is 0.469 e. The number of nitrogens with zero attached hydrogens (tertiary/aromatic N) is 2. The molecule has 3 rings (SSSR count). The minimum atomic E-state index is -0.275. The number of ether oxygens (including phenoxy) is 1. The number of nitrogens with one attached hydrogen (secondary N) is 1. The van der Waals surface area contributed by atoms with Gasteiger partial charge in [0.05, 0.1) is 24.9 Å². The number of methoxy groups -OCH3 is 1. The Bertz CT molecular complexity index is 755. The Labute approximate surface area is 140 Å². The fourth-order valence-corrected chi connectivity index (χ4v) is 3.44. The first-order valence-electron chi connectivity index (χ1n) is 7.65. The van der Waals surface area contributed by atoms with Crippen molar-refractivity contribution in [3.8, 4) is 11.3 Å². The predicted octanol–water partition coefficient (Wildman–Crippen LogP) is 2.66. The van der Waals surface area contributed by atoms with Gasteiger partial charge in [0.15, 0.2) is 0 Å². The van der Waals surface area contributed by atoms with Gasteiger partial charge in [0.25, 0.3) is 0 Å². The predicted molar refractivity (Wildman–Crippen MR) is 89.5 cm³/mol. The summed E-state index contributed by atoms with van der Waals surface area (Å²) in [6.07, 6.45) is 1.14. The van der Waals surface area contributed by atoms with Crippen LogP contribution in [0, 0.1) is 0 Å². The van der Waals surface area contributed by atoms with Crippen LogP contribution in [0.2, 0.25) is 5.02 Å². The second kappa shape index (κ2) is 6.34. The maximum atomic E-state index is 11.5. The molecular weight excluding hydrogens is 314 g/mol. The van der Waals surface area contributed by atoms with Gasteiger partial charge in [-0.2, -0.15) is 5.10 Å². The van der Waals surface area contributed by atoms with Crippen LogP contribution in [0.1, 0.15) is 29.8 Å². The lowest BCUT2D eigenvalue weighted by molar-refractivity contribution is -0.139. The molecule has 0 radical (unpaired) electrons. The van der Waals surface area contributed by atoms with E-state index in [9.17, 15) is 4.79 Å². The second-order valence-electron chi connectivity index (χ2n) is 5.86. The Hall–Kier alpha value is -1.85. The lowest BCUT2D eigenvalue weighted by Gasteiger charge is -2.19. The van der Waals surface area contributed by atoms with Crippen LogP contribution in [-0.2, 0) is 29.4 Å². The average molecular weight is 334 g/mol. The highest BCUT2D eigenvalue weighted by Gasteiger charge is 2.25. The van der Waals surface area contributed by atoms with Crippen molar-refractivity contribution in [3.63, 3.8) is 0 Å². The molecule has 122 valence electrons. The van der Waals surface area contributed by atoms with Crippen LogP contribution in [0.5, 0.6) is 0 Å². The highest BCUT2D eigenvalue weighted by molar-refractivity contribution is 6.31. The van der Waals surface area contributed by atoms with E-state index in [4.69, 9.17) is 16.3 Å². The average Bonchev–Trinajstić information content (AvgIpc) is 2.84. The smallest absolute Gasteiger partial charge is 0.309 e. The molecule has 1 N–H and O–H groups in total. The molecule has 1 aromatic carbocycles. The molecule has 1 aromatic heterocycles. The number of hydrogen-bond acceptors (Lipinski definition) is 4. The van der Waals surface area contributed by atoms with Gasteiger partial charge >= 0.3 is 5.97 Å². The molecule has 1 aliphatic heterocycles. The van der Waals surface area contributed by atoms with Crippen molar-refractivity contribution < 1.29 is 9.53 Å². The molecule has 0 amide bonds. The summed E-state index contributed by atoms with van der Waals surface area (Å²) in [5.41, 5.74) is 5.24. The monoisotopic (exact) mass is 333 g/mol. The van der Waals surface area contributed by atoms with Gasteiger partial charge in [-0.1, -0.05) is 11.6 Å². The van der Waals surface area contributed by atoms with Crippen molar-refractivity contribution in [2.75, 3.05) is 13.7 Å². The molecule has 2 heterocycles. The van der Waals surface area contributed by atoms with E-state index in [2.05, 4.69) is 17.3 Å². The van der Waals surface area contributed by atoms with Crippen LogP contribution in [-0.4, -0.2) is 29.4 Å². The Morgan fingerprint density at radius 2 is 2.26 bits per heavy atom. The van der Waals surface area contributed by atoms with E-state index < -0.39 is 0 Å². The van der Waals surface area contributed by atoms with E-state index in [1.165, 1.54) is 12.7 Å². The van der Waals surface area contributed by atoms with Crippen molar-refractivity contribution in [1.82, 2.24) is 15.1 Å². The molecule has 1 unspecified atom stereocenters. The van der Waals surface area contributed by atoms with Gasteiger partial charge < -0.3 is 10.1 Å². The number of aryl methyl sites for hydroxylation is 1. The molecule has 0 fully saturated rings. The lowest BCUT2D eigenvalue weighted by atomic mass is 9.96. The minimum absolute atomic E-state index is 0.210. The number of carbonyl (C=O) groups is 1. The maximum Gasteiger partial charge on any atom is 0.309 e. The first-order valence-corrected chi connectivity index (χ1v) is 8.03. The topological polar surface area (TPSA) is 56.1 Å². The lowest BCUT2D eigenvalue weighted by Crippen LogP contribution is -2.27. The number of hydrogen-bond donors (Lipinski definition) is 1. The highest BCUT2D eigenvalue weighted by Crippen LogP contribution is 2.33. The zero-order chi connectivity index (χ0) is 16.6. The summed E-state index contributed by atoms with van der Waals surface area (Å²) >= 11 is 6.26. The number of halogens is 1. The van der Waals surface area contributed by atoms with Crippen molar-refractivity contribution in [3.05, 3.63) is 40.0 Å². The van der Waals surface area contributed by atoms with E-state index in [-0.39, 0.29) is 18.4 Å². The highest BCUT2D eigenvalue weighted by atomic mass is 35.5. The first-order chi connectivity index (χ1) is 11.0. The number of rotatable bonds is 3. The Morgan fingerprint density at radius 3 is 3.00 bits per heavy atom. The van der Waals surface area contributed by atoms with Gasteiger partial charge in [0, 0.05) is 29.2 Å². The van der Waals surface area contributed by atoms with Gasteiger partial charge in [0.2, 0.25) is 0 Å². The number of carbonyl (C=O) groups excluding carboxylic acids is 1. The molecule has 0 saturated heterocycles. The van der Waals surface area contributed by atoms with E-state index in [0.717, 1.165) is 35.5 Å². The van der Waals surface area contributed by atoms with Crippen LogP contribution >= 0.6 is 11.6 Å². The SMILES string of the molecule is COC(=O)Cc1cc(Cl)cc(-c2c3c(nn2C)C(C)NCC3)c1. The van der Waals surface area contributed by atoms with Gasteiger partial charge in [0.1, 0.15) is 0 Å². The second-order valence-corrected chi connectivity index (χ2v) is 6.30. The molecule has 0 aliphatic carbocycles. The summed E-state index contributed by atoms with van der Waals surface area (Å²) in [5.74, 6) is -0.275. The number of fused-ring (bicyclic) bond motifs is 1. The molecule has 5 nitrogen and oxygen atoms in total. The van der Waals surface area contributed by atoms with Gasteiger partial charge in [-0.25, -0.2) is 0 Å². The van der Waals surface area contributed by atoms with Crippen LogP contribution in [0.25, 0.3) is 11.3 Å². The summed E-state index contributed by atoms with van der Waals surface area (Å²) in [6, 6.07) is 5.96. The van der Waals surface area contributed by atoms with Gasteiger partial charge in [-0.05, 0) is 43.7 Å². The third-order valence-corrected chi connectivity index (χ3v) is 4.44. The molecule has 2 aromatic rings. The summed E-state index contributed by atoms with van der Waals surface area (Å²) in [5, 5.41) is 8.70. The van der Waals surface area contributed by atoms with Crippen LogP contribution in [0.15, 0.2) is 18.2 Å². The fourth-order valence-electron chi connectivity index (χ4n) is 3.18. The molecular formula is C17H20ClN3O2. The van der Waals surface area contributed by atoms with Crippen molar-refractivity contribution >= 4 is 17.6 Å². The molecule has 0 spiro atoms. The maximum absolute atomic E-state index is 11.5. The number of esters is 1. The third kappa shape index (κ3) is 3.12. The molecule has 0 bridgehead atoms. The van der Waals surface area contributed by atoms with E-state index in [0.29, 0.717) is 5.02 Å².